The van der Waals surface area contributed by atoms with E-state index in [4.69, 9.17) is 14.0 Å². The van der Waals surface area contributed by atoms with Gasteiger partial charge in [-0.1, -0.05) is 189 Å². The molecule has 71 heavy (non-hydrogen) atoms. The Morgan fingerprint density at radius 3 is 1.87 bits per heavy atom. The Morgan fingerprint density at radius 2 is 1.44 bits per heavy atom. The lowest BCUT2D eigenvalue weighted by Gasteiger charge is -2.37. The van der Waals surface area contributed by atoms with Crippen LogP contribution in [0.1, 0.15) is 153 Å². The first-order valence-electron chi connectivity index (χ1n) is 25.1. The van der Waals surface area contributed by atoms with Crippen molar-refractivity contribution in [3.8, 4) is 0 Å². The van der Waals surface area contributed by atoms with Gasteiger partial charge < -0.3 is 25.0 Å². The van der Waals surface area contributed by atoms with Crippen LogP contribution in [0, 0.1) is 23.2 Å². The van der Waals surface area contributed by atoms with Crippen molar-refractivity contribution < 1.29 is 36.9 Å². The van der Waals surface area contributed by atoms with Crippen LogP contribution in [0.2, 0.25) is 0 Å². The second-order valence-electron chi connectivity index (χ2n) is 20.4. The van der Waals surface area contributed by atoms with Crippen LogP contribution in [0.3, 0.4) is 0 Å². The second-order valence-corrected chi connectivity index (χ2v) is 22.9. The molecular formula is C59H92F2N3O6P. The van der Waals surface area contributed by atoms with E-state index in [1.165, 1.54) is 29.7 Å². The fourth-order valence-electron chi connectivity index (χ4n) is 6.28. The Morgan fingerprint density at radius 1 is 0.901 bits per heavy atom. The van der Waals surface area contributed by atoms with Crippen molar-refractivity contribution in [2.75, 3.05) is 31.9 Å². The molecule has 2 N–H and O–H groups in total. The molecule has 398 valence electrons. The Hall–Kier alpha value is -4.99. The smallest absolute Gasteiger partial charge is 0.346 e. The number of ether oxygens (including phenoxy) is 2. The number of likely N-dealkylation sites (tertiary alicyclic amines) is 1. The normalized spacial score (nSPS) is 15.9. The molecule has 2 aromatic carbocycles. The highest BCUT2D eigenvalue weighted by atomic mass is 31.2. The molecule has 12 heteroatoms. The Kier molecular flexibility index (Phi) is 29.3. The van der Waals surface area contributed by atoms with Gasteiger partial charge in [0.05, 0.1) is 24.2 Å². The van der Waals surface area contributed by atoms with Gasteiger partial charge in [-0.25, -0.2) is 0 Å². The highest BCUT2D eigenvalue weighted by Gasteiger charge is 2.50. The first-order chi connectivity index (χ1) is 33.1. The SMILES string of the molecule is C=C(OCC)C(C)(C)C.C=C/C(=C\C=C/C)C1CCCN1C(=O)C(NC(/C=C/c1ccc(C(F)(F)P(C)(=O)OCOC(=C)C(C)(C)C)cc1)=C1CC1)C(C)(C)C.CC.CCC.Cc1ccc(NC=O)cc1. The van der Waals surface area contributed by atoms with E-state index in [0.29, 0.717) is 24.3 Å². The van der Waals surface area contributed by atoms with Crippen LogP contribution in [-0.2, 0) is 33.8 Å². The van der Waals surface area contributed by atoms with E-state index < -0.39 is 36.8 Å². The van der Waals surface area contributed by atoms with Crippen molar-refractivity contribution >= 4 is 31.4 Å². The van der Waals surface area contributed by atoms with Gasteiger partial charge in [-0.2, -0.15) is 8.78 Å². The molecule has 3 atom stereocenters. The predicted molar refractivity (Wildman–Crippen MR) is 297 cm³/mol. The van der Waals surface area contributed by atoms with E-state index in [1.807, 2.05) is 121 Å². The van der Waals surface area contributed by atoms with Gasteiger partial charge in [0.15, 0.2) is 6.79 Å². The largest absolute Gasteiger partial charge is 0.498 e. The number of rotatable bonds is 18. The van der Waals surface area contributed by atoms with Crippen molar-refractivity contribution in [1.29, 1.82) is 0 Å². The van der Waals surface area contributed by atoms with Crippen molar-refractivity contribution in [1.82, 2.24) is 10.2 Å². The van der Waals surface area contributed by atoms with Crippen LogP contribution in [-0.4, -0.2) is 55.9 Å². The number of hydrogen-bond acceptors (Lipinski definition) is 7. The molecule has 0 radical (unpaired) electrons. The van der Waals surface area contributed by atoms with Crippen molar-refractivity contribution in [3.63, 3.8) is 0 Å². The van der Waals surface area contributed by atoms with E-state index in [2.05, 4.69) is 85.8 Å². The lowest BCUT2D eigenvalue weighted by Crippen LogP contribution is -2.54. The number of nitrogens with zero attached hydrogens (tertiary/aromatic N) is 1. The molecule has 1 aliphatic heterocycles. The summed E-state index contributed by atoms with van der Waals surface area (Å²) < 4.78 is 59.2. The first kappa shape index (κ1) is 66.0. The van der Waals surface area contributed by atoms with Crippen LogP contribution in [0.25, 0.3) is 6.08 Å². The summed E-state index contributed by atoms with van der Waals surface area (Å²) in [6.07, 6.45) is 17.1. The number of nitrogens with one attached hydrogen (secondary N) is 2. The summed E-state index contributed by atoms with van der Waals surface area (Å²) in [5, 5.41) is 6.12. The minimum absolute atomic E-state index is 0.0219. The average Bonchev–Trinajstić information content (AvgIpc) is 4.03. The third kappa shape index (κ3) is 23.4. The monoisotopic (exact) mass is 1010 g/mol. The standard InChI is InChI=1S/C38H53F2N2O4P.C8H9NO.C8H16O.C3H8.C2H6/c1-11-13-15-29(12-2)33-16-14-25-42(33)35(43)34(37(7,8)9)41-32(30-20-21-30)24-19-28-17-22-31(23-18-28)38(39,40)47(10,44)46-26-45-27(3)36(4,5)6;1-7-2-4-8(5-3-7)9-6-10;1-6-9-7(2)8(3,4)5;1-3-2;1-2/h11-13,15,17-19,22-24,33-34,41H,2-3,14,16,20-21,25-26H2,1,4-10H3;2-6H,1H3,(H,9,10);2,6H2,1,3-5H3;3H2,1-2H3;1-2H3/b13-11-,24-19+,29-15+;;;;. The van der Waals surface area contributed by atoms with Crippen LogP contribution in [0.15, 0.2) is 127 Å². The molecule has 2 aliphatic rings. The summed E-state index contributed by atoms with van der Waals surface area (Å²) in [4.78, 5) is 26.0. The number of aryl methyl sites for hydroxylation is 1. The van der Waals surface area contributed by atoms with Gasteiger partial charge in [0.25, 0.3) is 7.37 Å². The number of amides is 2. The zero-order valence-corrected chi connectivity index (χ0v) is 47.6. The lowest BCUT2D eigenvalue weighted by molar-refractivity contribution is -0.136. The van der Waals surface area contributed by atoms with Crippen LogP contribution in [0.5, 0.6) is 0 Å². The number of benzene rings is 2. The predicted octanol–water partition coefficient (Wildman–Crippen LogP) is 16.5. The van der Waals surface area contributed by atoms with E-state index in [0.717, 1.165) is 61.7 Å². The van der Waals surface area contributed by atoms with Crippen molar-refractivity contribution in [3.05, 3.63) is 144 Å². The molecule has 3 unspecified atom stereocenters. The van der Waals surface area contributed by atoms with Gasteiger partial charge in [-0.3, -0.25) is 18.7 Å². The number of alkyl halides is 2. The van der Waals surface area contributed by atoms with Crippen molar-refractivity contribution in [2.24, 2.45) is 16.2 Å². The van der Waals surface area contributed by atoms with Crippen LogP contribution < -0.4 is 10.6 Å². The lowest BCUT2D eigenvalue weighted by atomic mass is 9.85. The van der Waals surface area contributed by atoms with Crippen LogP contribution >= 0.6 is 7.37 Å². The number of carbonyl (C=O) groups excluding carboxylic acids is 2. The molecule has 0 spiro atoms. The molecule has 2 fully saturated rings. The van der Waals surface area contributed by atoms with Crippen LogP contribution in [0.4, 0.5) is 14.5 Å². The Balaban J connectivity index is 0.00000166. The fourth-order valence-corrected chi connectivity index (χ4v) is 7.32. The summed E-state index contributed by atoms with van der Waals surface area (Å²) in [5.74, 6) is 1.26. The summed E-state index contributed by atoms with van der Waals surface area (Å²) in [6, 6.07) is 12.8. The molecule has 2 amide bonds. The quantitative estimate of drug-likeness (QED) is 0.0504. The molecule has 1 saturated heterocycles. The van der Waals surface area contributed by atoms with Gasteiger partial charge in [-0.15, -0.1) is 0 Å². The van der Waals surface area contributed by atoms with Gasteiger partial charge in [0, 0.05) is 41.0 Å². The molecule has 4 rings (SSSR count). The summed E-state index contributed by atoms with van der Waals surface area (Å²) in [7, 11) is -4.43. The minimum atomic E-state index is -4.43. The molecule has 1 saturated carbocycles. The highest BCUT2D eigenvalue weighted by molar-refractivity contribution is 7.59. The molecule has 9 nitrogen and oxygen atoms in total. The number of anilines is 1. The van der Waals surface area contributed by atoms with E-state index in [9.17, 15) is 14.2 Å². The maximum absolute atomic E-state index is 15.3. The molecule has 2 aromatic rings. The zero-order valence-electron chi connectivity index (χ0n) is 46.7. The summed E-state index contributed by atoms with van der Waals surface area (Å²) in [6.45, 7) is 45.5. The topological polar surface area (TPSA) is 106 Å². The van der Waals surface area contributed by atoms with Gasteiger partial charge >= 0.3 is 5.66 Å². The third-order valence-electron chi connectivity index (χ3n) is 10.9. The maximum Gasteiger partial charge on any atom is 0.346 e. The highest BCUT2D eigenvalue weighted by Crippen LogP contribution is 2.63. The molecule has 1 aliphatic carbocycles. The second kappa shape index (κ2) is 31.5. The molecule has 0 bridgehead atoms. The number of carbonyl (C=O) groups is 2. The fraction of sp³-hybridized carbons (Fsp3) is 0.525. The minimum Gasteiger partial charge on any atom is -0.498 e. The average molecular weight is 1010 g/mol. The maximum atomic E-state index is 15.3. The van der Waals surface area contributed by atoms with E-state index in [-0.39, 0.29) is 22.8 Å². The molecular weight excluding hydrogens is 916 g/mol. The zero-order chi connectivity index (χ0) is 54.8. The van der Waals surface area contributed by atoms with E-state index >= 15 is 8.78 Å². The van der Waals surface area contributed by atoms with Crippen molar-refractivity contribution in [2.45, 2.75) is 161 Å². The Labute approximate surface area is 429 Å². The summed E-state index contributed by atoms with van der Waals surface area (Å²) in [5.41, 5.74) is 1.01. The van der Waals surface area contributed by atoms with Gasteiger partial charge in [0.1, 0.15) is 6.04 Å². The Bertz CT molecular complexity index is 2130. The van der Waals surface area contributed by atoms with Gasteiger partial charge in [0.2, 0.25) is 12.3 Å². The molecule has 0 aromatic heterocycles. The number of hydrogen-bond donors (Lipinski definition) is 2. The number of allylic oxidation sites excluding steroid dienone is 7. The molecule has 1 heterocycles. The van der Waals surface area contributed by atoms with E-state index in [1.54, 1.807) is 12.1 Å². The summed E-state index contributed by atoms with van der Waals surface area (Å²) >= 11 is 0. The number of halogens is 2. The van der Waals surface area contributed by atoms with Gasteiger partial charge in [-0.05, 0) is 86.8 Å². The first-order valence-corrected chi connectivity index (χ1v) is 27.2. The third-order valence-corrected chi connectivity index (χ3v) is 12.8.